The summed E-state index contributed by atoms with van der Waals surface area (Å²) < 4.78 is 29.5. The normalized spacial score (nSPS) is 12.0. The number of aryl methyl sites for hydroxylation is 2. The van der Waals surface area contributed by atoms with E-state index in [4.69, 9.17) is 0 Å². The lowest BCUT2D eigenvalue weighted by Crippen LogP contribution is -2.30. The van der Waals surface area contributed by atoms with Gasteiger partial charge in [-0.1, -0.05) is 22.9 Å². The Balaban J connectivity index is 2.32. The van der Waals surface area contributed by atoms with E-state index in [0.29, 0.717) is 18.0 Å². The Morgan fingerprint density at radius 2 is 2.10 bits per heavy atom. The van der Waals surface area contributed by atoms with Gasteiger partial charge in [0.05, 0.1) is 11.1 Å². The number of benzene rings is 1. The average Bonchev–Trinajstić information content (AvgIpc) is 2.84. The molecule has 0 aliphatic carbocycles. The van der Waals surface area contributed by atoms with E-state index in [1.165, 1.54) is 4.31 Å². The molecule has 0 bridgehead atoms. The van der Waals surface area contributed by atoms with Crippen molar-refractivity contribution < 1.29 is 8.42 Å². The molecule has 1 aromatic carbocycles. The predicted octanol–water partition coefficient (Wildman–Crippen LogP) is 2.70. The van der Waals surface area contributed by atoms with Gasteiger partial charge < -0.3 is 0 Å². The summed E-state index contributed by atoms with van der Waals surface area (Å²) in [7, 11) is -1.69. The van der Waals surface area contributed by atoms with Gasteiger partial charge in [0.15, 0.2) is 0 Å². The Bertz CT molecular complexity index is 740. The Hall–Kier alpha value is -1.18. The highest BCUT2D eigenvalue weighted by Gasteiger charge is 2.24. The molecule has 0 atom stereocenters. The molecule has 7 heteroatoms. The average molecular weight is 372 g/mol. The first-order valence-corrected chi connectivity index (χ1v) is 8.81. The molecular weight excluding hydrogens is 354 g/mol. The number of hydrogen-bond acceptors (Lipinski definition) is 3. The van der Waals surface area contributed by atoms with Gasteiger partial charge in [-0.05, 0) is 30.7 Å². The van der Waals surface area contributed by atoms with Crippen LogP contribution in [0.3, 0.4) is 0 Å². The van der Waals surface area contributed by atoms with Crippen molar-refractivity contribution in [1.29, 1.82) is 0 Å². The van der Waals surface area contributed by atoms with Gasteiger partial charge >= 0.3 is 0 Å². The Kier molecular flexibility index (Phi) is 4.85. The van der Waals surface area contributed by atoms with E-state index in [1.54, 1.807) is 29.1 Å². The molecule has 0 fully saturated rings. The summed E-state index contributed by atoms with van der Waals surface area (Å²) in [4.78, 5) is 0.314. The molecule has 2 aromatic rings. The van der Waals surface area contributed by atoms with Crippen LogP contribution in [0.1, 0.15) is 18.1 Å². The largest absolute Gasteiger partial charge is 0.275 e. The quantitative estimate of drug-likeness (QED) is 0.811. The molecule has 0 aliphatic heterocycles. The number of rotatable bonds is 5. The molecule has 1 heterocycles. The zero-order chi connectivity index (χ0) is 15.6. The fourth-order valence-electron chi connectivity index (χ4n) is 2.05. The van der Waals surface area contributed by atoms with Crippen LogP contribution in [-0.4, -0.2) is 29.0 Å². The molecule has 1 aromatic heterocycles. The molecule has 5 nitrogen and oxygen atoms in total. The molecule has 0 spiro atoms. The first kappa shape index (κ1) is 16.2. The predicted molar refractivity (Wildman–Crippen MR) is 85.4 cm³/mol. The van der Waals surface area contributed by atoms with E-state index < -0.39 is 10.0 Å². The van der Waals surface area contributed by atoms with Crippen molar-refractivity contribution in [2.45, 2.75) is 25.3 Å². The molecule has 0 saturated heterocycles. The highest BCUT2D eigenvalue weighted by Crippen LogP contribution is 2.23. The molecule has 0 unspecified atom stereocenters. The highest BCUT2D eigenvalue weighted by molar-refractivity contribution is 9.10. The maximum absolute atomic E-state index is 12.7. The van der Waals surface area contributed by atoms with E-state index >= 15 is 0 Å². The molecule has 114 valence electrons. The third-order valence-electron chi connectivity index (χ3n) is 3.24. The van der Waals surface area contributed by atoms with Crippen LogP contribution < -0.4 is 0 Å². The molecule has 0 N–H and O–H groups in total. The lowest BCUT2D eigenvalue weighted by molar-refractivity contribution is 0.423. The van der Waals surface area contributed by atoms with Gasteiger partial charge in [-0.2, -0.15) is 9.40 Å². The first-order valence-electron chi connectivity index (χ1n) is 6.58. The minimum Gasteiger partial charge on any atom is -0.275 e. The van der Waals surface area contributed by atoms with Crippen molar-refractivity contribution in [2.24, 2.45) is 7.05 Å². The third-order valence-corrected chi connectivity index (χ3v) is 6.04. The van der Waals surface area contributed by atoms with Crippen LogP contribution in [-0.2, 0) is 23.6 Å². The zero-order valence-electron chi connectivity index (χ0n) is 12.2. The van der Waals surface area contributed by atoms with E-state index in [-0.39, 0.29) is 0 Å². The van der Waals surface area contributed by atoms with E-state index in [1.807, 2.05) is 27.1 Å². The van der Waals surface area contributed by atoms with Crippen molar-refractivity contribution in [2.75, 3.05) is 6.54 Å². The molecule has 0 radical (unpaired) electrons. The lowest BCUT2D eigenvalue weighted by atomic mass is 10.2. The smallest absolute Gasteiger partial charge is 0.243 e. The van der Waals surface area contributed by atoms with Crippen molar-refractivity contribution in [3.05, 3.63) is 46.2 Å². The van der Waals surface area contributed by atoms with Gasteiger partial charge in [-0.25, -0.2) is 8.42 Å². The summed E-state index contributed by atoms with van der Waals surface area (Å²) in [5.41, 5.74) is 1.77. The Labute approximate surface area is 133 Å². The number of nitrogens with zero attached hydrogens (tertiary/aromatic N) is 3. The summed E-state index contributed by atoms with van der Waals surface area (Å²) >= 11 is 3.39. The summed E-state index contributed by atoms with van der Waals surface area (Å²) in [5.74, 6) is 0. The van der Waals surface area contributed by atoms with Crippen LogP contribution in [0.5, 0.6) is 0 Å². The Morgan fingerprint density at radius 3 is 2.62 bits per heavy atom. The second-order valence-corrected chi connectivity index (χ2v) is 7.66. The maximum atomic E-state index is 12.7. The first-order chi connectivity index (χ1) is 9.84. The van der Waals surface area contributed by atoms with Gasteiger partial charge in [-0.3, -0.25) is 4.68 Å². The topological polar surface area (TPSA) is 55.2 Å². The minimum atomic E-state index is -3.50. The van der Waals surface area contributed by atoms with Crippen LogP contribution in [0.2, 0.25) is 0 Å². The van der Waals surface area contributed by atoms with Crippen molar-refractivity contribution in [3.63, 3.8) is 0 Å². The third kappa shape index (κ3) is 3.53. The van der Waals surface area contributed by atoms with Gasteiger partial charge in [0.2, 0.25) is 10.0 Å². The summed E-state index contributed by atoms with van der Waals surface area (Å²) in [5, 5.41) is 4.07. The highest BCUT2D eigenvalue weighted by atomic mass is 79.9. The van der Waals surface area contributed by atoms with Crippen LogP contribution in [0.15, 0.2) is 40.0 Å². The molecule has 0 aliphatic rings. The monoisotopic (exact) mass is 371 g/mol. The van der Waals surface area contributed by atoms with E-state index in [0.717, 1.165) is 15.6 Å². The fraction of sp³-hybridized carbons (Fsp3) is 0.357. The van der Waals surface area contributed by atoms with Crippen LogP contribution in [0.4, 0.5) is 0 Å². The molecule has 2 rings (SSSR count). The number of hydrogen-bond donors (Lipinski definition) is 0. The molecule has 21 heavy (non-hydrogen) atoms. The summed E-state index contributed by atoms with van der Waals surface area (Å²) in [6.07, 6.45) is 3.51. The second-order valence-electron chi connectivity index (χ2n) is 4.86. The molecule has 0 amide bonds. The van der Waals surface area contributed by atoms with Crippen molar-refractivity contribution in [3.8, 4) is 0 Å². The standard InChI is InChI=1S/C14H18BrN3O2S/c1-4-18(10-12-8-16-17(3)9-12)21(19,20)13-5-6-14(15)11(2)7-13/h5-9H,4,10H2,1-3H3. The number of halogens is 1. The van der Waals surface area contributed by atoms with Gasteiger partial charge in [-0.15, -0.1) is 0 Å². The number of aromatic nitrogens is 2. The Morgan fingerprint density at radius 1 is 1.38 bits per heavy atom. The zero-order valence-corrected chi connectivity index (χ0v) is 14.6. The van der Waals surface area contributed by atoms with Crippen LogP contribution >= 0.6 is 15.9 Å². The van der Waals surface area contributed by atoms with Gasteiger partial charge in [0, 0.05) is 36.4 Å². The second kappa shape index (κ2) is 6.29. The molecule has 0 saturated carbocycles. The van der Waals surface area contributed by atoms with Gasteiger partial charge in [0.1, 0.15) is 0 Å². The van der Waals surface area contributed by atoms with E-state index in [9.17, 15) is 8.42 Å². The minimum absolute atomic E-state index is 0.314. The summed E-state index contributed by atoms with van der Waals surface area (Å²) in [6, 6.07) is 5.07. The fourth-order valence-corrected chi connectivity index (χ4v) is 3.82. The van der Waals surface area contributed by atoms with Gasteiger partial charge in [0.25, 0.3) is 0 Å². The van der Waals surface area contributed by atoms with E-state index in [2.05, 4.69) is 21.0 Å². The SMILES string of the molecule is CCN(Cc1cnn(C)c1)S(=O)(=O)c1ccc(Br)c(C)c1. The van der Waals surface area contributed by atoms with Crippen LogP contribution in [0.25, 0.3) is 0 Å². The van der Waals surface area contributed by atoms with Crippen LogP contribution in [0, 0.1) is 6.92 Å². The summed E-state index contributed by atoms with van der Waals surface area (Å²) in [6.45, 7) is 4.44. The lowest BCUT2D eigenvalue weighted by Gasteiger charge is -2.20. The van der Waals surface area contributed by atoms with Crippen molar-refractivity contribution in [1.82, 2.24) is 14.1 Å². The molecular formula is C14H18BrN3O2S. The van der Waals surface area contributed by atoms with Crippen molar-refractivity contribution >= 4 is 26.0 Å². The maximum Gasteiger partial charge on any atom is 0.243 e. The number of sulfonamides is 1.